The fourth-order valence-electron chi connectivity index (χ4n) is 3.86. The van der Waals surface area contributed by atoms with Gasteiger partial charge in [-0.05, 0) is 45.4 Å². The number of hydrogen-bond acceptors (Lipinski definition) is 0. The molecule has 0 heteroatoms. The van der Waals surface area contributed by atoms with Crippen LogP contribution in [0, 0.1) is 11.8 Å². The van der Waals surface area contributed by atoms with Gasteiger partial charge in [0.25, 0.3) is 0 Å². The van der Waals surface area contributed by atoms with Crippen molar-refractivity contribution in [2.24, 2.45) is 0 Å². The molecule has 1 atom stereocenters. The molecule has 0 radical (unpaired) electrons. The Kier molecular flexibility index (Phi) is 6.92. The van der Waals surface area contributed by atoms with Gasteiger partial charge in [-0.25, -0.2) is 0 Å². The molecule has 0 nitrogen and oxygen atoms in total. The fraction of sp³-hybridized carbons (Fsp3) is 0.152. The molecule has 0 aliphatic carbocycles. The standard InChI is InChI=1S/C33H30/c1-33(2,3)31-23-20-26(21-24-31)19-22-30(27-13-7-4-8-14-27)25-32(28-15-9-5-10-16-28)29-17-11-6-12-18-29/h4-18,20-21,23-25,30H,1-3H3. The average Bonchev–Trinajstić information content (AvgIpc) is 2.85. The largest absolute Gasteiger partial charge is 0.0854 e. The Morgan fingerprint density at radius 2 is 1.12 bits per heavy atom. The van der Waals surface area contributed by atoms with Crippen LogP contribution in [0.2, 0.25) is 0 Å². The summed E-state index contributed by atoms with van der Waals surface area (Å²) in [4.78, 5) is 0. The Bertz CT molecular complexity index is 1200. The van der Waals surface area contributed by atoms with Crippen LogP contribution in [0.4, 0.5) is 0 Å². The number of allylic oxidation sites excluding steroid dienone is 1. The van der Waals surface area contributed by atoms with Crippen molar-refractivity contribution in [1.82, 2.24) is 0 Å². The maximum absolute atomic E-state index is 3.55. The normalized spacial score (nSPS) is 11.7. The predicted molar refractivity (Wildman–Crippen MR) is 141 cm³/mol. The van der Waals surface area contributed by atoms with Gasteiger partial charge in [-0.1, -0.05) is 142 Å². The molecule has 1 unspecified atom stereocenters. The second-order valence-corrected chi connectivity index (χ2v) is 9.30. The van der Waals surface area contributed by atoms with Gasteiger partial charge in [0.15, 0.2) is 0 Å². The Balaban J connectivity index is 1.78. The van der Waals surface area contributed by atoms with Gasteiger partial charge >= 0.3 is 0 Å². The molecule has 162 valence electrons. The van der Waals surface area contributed by atoms with E-state index in [1.54, 1.807) is 0 Å². The van der Waals surface area contributed by atoms with E-state index in [1.807, 2.05) is 0 Å². The molecule has 0 fully saturated rings. The Morgan fingerprint density at radius 1 is 0.636 bits per heavy atom. The lowest BCUT2D eigenvalue weighted by Crippen LogP contribution is -2.10. The van der Waals surface area contributed by atoms with Crippen LogP contribution < -0.4 is 0 Å². The van der Waals surface area contributed by atoms with Crippen molar-refractivity contribution in [3.8, 4) is 11.8 Å². The first kappa shape index (κ1) is 22.4. The van der Waals surface area contributed by atoms with Crippen molar-refractivity contribution in [2.75, 3.05) is 0 Å². The highest BCUT2D eigenvalue weighted by Gasteiger charge is 2.13. The van der Waals surface area contributed by atoms with Crippen molar-refractivity contribution in [2.45, 2.75) is 32.1 Å². The topological polar surface area (TPSA) is 0 Å². The molecule has 33 heavy (non-hydrogen) atoms. The third kappa shape index (κ3) is 5.91. The van der Waals surface area contributed by atoms with Crippen LogP contribution in [0.15, 0.2) is 121 Å². The Labute approximate surface area is 198 Å². The molecule has 0 spiro atoms. The maximum atomic E-state index is 3.55. The summed E-state index contributed by atoms with van der Waals surface area (Å²) >= 11 is 0. The van der Waals surface area contributed by atoms with Gasteiger partial charge in [-0.3, -0.25) is 0 Å². The summed E-state index contributed by atoms with van der Waals surface area (Å²) in [5.41, 5.74) is 7.29. The molecule has 0 aliphatic heterocycles. The zero-order valence-corrected chi connectivity index (χ0v) is 19.6. The Hall–Kier alpha value is -3.82. The second kappa shape index (κ2) is 10.2. The summed E-state index contributed by atoms with van der Waals surface area (Å²) in [6.45, 7) is 6.70. The lowest BCUT2D eigenvalue weighted by atomic mass is 9.86. The van der Waals surface area contributed by atoms with E-state index >= 15 is 0 Å². The zero-order chi connectivity index (χ0) is 23.1. The van der Waals surface area contributed by atoms with Crippen LogP contribution in [0.3, 0.4) is 0 Å². The zero-order valence-electron chi connectivity index (χ0n) is 19.6. The molecule has 0 aliphatic rings. The van der Waals surface area contributed by atoms with Gasteiger partial charge in [0, 0.05) is 5.56 Å². The van der Waals surface area contributed by atoms with Gasteiger partial charge in [0.1, 0.15) is 0 Å². The minimum absolute atomic E-state index is 0.0242. The monoisotopic (exact) mass is 426 g/mol. The van der Waals surface area contributed by atoms with Gasteiger partial charge in [-0.2, -0.15) is 0 Å². The number of benzene rings is 4. The first-order chi connectivity index (χ1) is 16.0. The van der Waals surface area contributed by atoms with Crippen LogP contribution in [0.25, 0.3) is 5.57 Å². The molecule has 4 aromatic carbocycles. The van der Waals surface area contributed by atoms with Gasteiger partial charge < -0.3 is 0 Å². The van der Waals surface area contributed by atoms with Crippen molar-refractivity contribution in [3.05, 3.63) is 149 Å². The van der Waals surface area contributed by atoms with Crippen molar-refractivity contribution >= 4 is 5.57 Å². The molecule has 0 saturated heterocycles. The molecule has 0 aromatic heterocycles. The highest BCUT2D eigenvalue weighted by atomic mass is 14.2. The average molecular weight is 427 g/mol. The molecule has 4 aromatic rings. The minimum atomic E-state index is -0.0242. The van der Waals surface area contributed by atoms with E-state index in [0.29, 0.717) is 0 Å². The van der Waals surface area contributed by atoms with Crippen molar-refractivity contribution < 1.29 is 0 Å². The number of hydrogen-bond donors (Lipinski definition) is 0. The predicted octanol–water partition coefficient (Wildman–Crippen LogP) is 8.25. The molecular weight excluding hydrogens is 396 g/mol. The van der Waals surface area contributed by atoms with E-state index < -0.39 is 0 Å². The summed E-state index contributed by atoms with van der Waals surface area (Å²) in [6.07, 6.45) is 2.30. The van der Waals surface area contributed by atoms with E-state index in [4.69, 9.17) is 0 Å². The van der Waals surface area contributed by atoms with Gasteiger partial charge in [-0.15, -0.1) is 0 Å². The minimum Gasteiger partial charge on any atom is -0.0854 e. The lowest BCUT2D eigenvalue weighted by Gasteiger charge is -2.18. The Morgan fingerprint density at radius 3 is 1.61 bits per heavy atom. The first-order valence-corrected chi connectivity index (χ1v) is 11.5. The van der Waals surface area contributed by atoms with E-state index in [0.717, 1.165) is 5.56 Å². The van der Waals surface area contributed by atoms with Crippen LogP contribution in [0.5, 0.6) is 0 Å². The van der Waals surface area contributed by atoms with E-state index in [1.165, 1.54) is 27.8 Å². The summed E-state index contributed by atoms with van der Waals surface area (Å²) in [6, 6.07) is 40.3. The quantitative estimate of drug-likeness (QED) is 0.288. The van der Waals surface area contributed by atoms with Crippen molar-refractivity contribution in [3.63, 3.8) is 0 Å². The van der Waals surface area contributed by atoms with Gasteiger partial charge in [0.05, 0.1) is 5.92 Å². The molecular formula is C33H30. The molecule has 0 N–H and O–H groups in total. The van der Waals surface area contributed by atoms with E-state index in [-0.39, 0.29) is 11.3 Å². The molecule has 0 bridgehead atoms. The SMILES string of the molecule is CC(C)(C)c1ccc(C#CC(C=C(c2ccccc2)c2ccccc2)c2ccccc2)cc1. The van der Waals surface area contributed by atoms with Gasteiger partial charge in [0.2, 0.25) is 0 Å². The first-order valence-electron chi connectivity index (χ1n) is 11.5. The van der Waals surface area contributed by atoms with E-state index in [9.17, 15) is 0 Å². The number of rotatable bonds is 4. The van der Waals surface area contributed by atoms with E-state index in [2.05, 4.69) is 154 Å². The fourth-order valence-corrected chi connectivity index (χ4v) is 3.86. The van der Waals surface area contributed by atoms with Crippen LogP contribution in [-0.2, 0) is 5.41 Å². The summed E-state index contributed by atoms with van der Waals surface area (Å²) in [5.74, 6) is 6.97. The highest BCUT2D eigenvalue weighted by Crippen LogP contribution is 2.29. The maximum Gasteiger partial charge on any atom is 0.0645 e. The molecule has 0 saturated carbocycles. The van der Waals surface area contributed by atoms with Crippen LogP contribution >= 0.6 is 0 Å². The molecule has 0 heterocycles. The smallest absolute Gasteiger partial charge is 0.0645 e. The third-order valence-electron chi connectivity index (χ3n) is 5.78. The third-order valence-corrected chi connectivity index (χ3v) is 5.78. The van der Waals surface area contributed by atoms with Crippen LogP contribution in [-0.4, -0.2) is 0 Å². The second-order valence-electron chi connectivity index (χ2n) is 9.30. The molecule has 0 amide bonds. The summed E-state index contributed by atoms with van der Waals surface area (Å²) in [7, 11) is 0. The summed E-state index contributed by atoms with van der Waals surface area (Å²) in [5, 5.41) is 0. The summed E-state index contributed by atoms with van der Waals surface area (Å²) < 4.78 is 0. The lowest BCUT2D eigenvalue weighted by molar-refractivity contribution is 0.590. The highest BCUT2D eigenvalue weighted by molar-refractivity contribution is 5.80. The van der Waals surface area contributed by atoms with Crippen LogP contribution in [0.1, 0.15) is 54.5 Å². The van der Waals surface area contributed by atoms with Crippen molar-refractivity contribution in [1.29, 1.82) is 0 Å². The molecule has 4 rings (SSSR count).